The van der Waals surface area contributed by atoms with Crippen LogP contribution in [0.5, 0.6) is 0 Å². The largest absolute Gasteiger partial charge is 0.399 e. The zero-order valence-corrected chi connectivity index (χ0v) is 10.3. The first-order valence-electron chi connectivity index (χ1n) is 5.64. The molecular formula is C12H19N3O3. The smallest absolute Gasteiger partial charge is 0.253 e. The van der Waals surface area contributed by atoms with E-state index in [2.05, 4.69) is 5.32 Å². The molecule has 0 heterocycles. The van der Waals surface area contributed by atoms with E-state index < -0.39 is 6.10 Å². The summed E-state index contributed by atoms with van der Waals surface area (Å²) in [7, 11) is 1.51. The molecule has 1 aromatic carbocycles. The van der Waals surface area contributed by atoms with Crippen LogP contribution in [0, 0.1) is 0 Å². The van der Waals surface area contributed by atoms with Crippen LogP contribution in [0.3, 0.4) is 0 Å². The number of carbonyl (C=O) groups excluding carboxylic acids is 1. The molecule has 0 saturated heterocycles. The van der Waals surface area contributed by atoms with Gasteiger partial charge < -0.3 is 26.6 Å². The van der Waals surface area contributed by atoms with E-state index in [1.165, 1.54) is 13.2 Å². The summed E-state index contributed by atoms with van der Waals surface area (Å²) >= 11 is 0. The Morgan fingerprint density at radius 2 is 2.22 bits per heavy atom. The number of benzene rings is 1. The van der Waals surface area contributed by atoms with E-state index in [1.807, 2.05) is 0 Å². The van der Waals surface area contributed by atoms with E-state index in [4.69, 9.17) is 16.2 Å². The molecule has 0 aliphatic carbocycles. The number of aliphatic hydroxyl groups is 1. The number of carbonyl (C=O) groups is 1. The molecule has 100 valence electrons. The molecule has 1 unspecified atom stereocenters. The van der Waals surface area contributed by atoms with Gasteiger partial charge in [-0.25, -0.2) is 0 Å². The highest BCUT2D eigenvalue weighted by Crippen LogP contribution is 2.15. The van der Waals surface area contributed by atoms with Crippen molar-refractivity contribution in [2.45, 2.75) is 12.5 Å². The van der Waals surface area contributed by atoms with Crippen molar-refractivity contribution in [2.75, 3.05) is 31.7 Å². The Morgan fingerprint density at radius 1 is 1.50 bits per heavy atom. The molecule has 0 aliphatic rings. The van der Waals surface area contributed by atoms with Crippen LogP contribution >= 0.6 is 0 Å². The Labute approximate surface area is 106 Å². The van der Waals surface area contributed by atoms with Crippen LogP contribution in [0.1, 0.15) is 16.8 Å². The van der Waals surface area contributed by atoms with Crippen molar-refractivity contribution < 1.29 is 14.6 Å². The summed E-state index contributed by atoms with van der Waals surface area (Å²) in [6, 6.07) is 4.73. The van der Waals surface area contributed by atoms with Crippen molar-refractivity contribution in [3.05, 3.63) is 23.8 Å². The maximum atomic E-state index is 11.8. The number of nitrogen functional groups attached to an aromatic ring is 2. The van der Waals surface area contributed by atoms with Gasteiger partial charge in [-0.05, 0) is 24.6 Å². The zero-order valence-electron chi connectivity index (χ0n) is 10.3. The lowest BCUT2D eigenvalue weighted by molar-refractivity contribution is 0.0588. The van der Waals surface area contributed by atoms with Crippen LogP contribution < -0.4 is 16.8 Å². The van der Waals surface area contributed by atoms with Crippen molar-refractivity contribution >= 4 is 17.3 Å². The Bertz CT molecular complexity index is 410. The molecule has 0 fully saturated rings. The second-order valence-corrected chi connectivity index (χ2v) is 4.00. The maximum absolute atomic E-state index is 11.8. The molecule has 6 N–H and O–H groups in total. The maximum Gasteiger partial charge on any atom is 0.253 e. The minimum atomic E-state index is -0.584. The molecule has 0 radical (unpaired) electrons. The number of methoxy groups -OCH3 is 1. The number of hydrogen-bond acceptors (Lipinski definition) is 5. The van der Waals surface area contributed by atoms with Crippen LogP contribution in [0.2, 0.25) is 0 Å². The van der Waals surface area contributed by atoms with Crippen molar-refractivity contribution in [3.63, 3.8) is 0 Å². The summed E-state index contributed by atoms with van der Waals surface area (Å²) < 4.78 is 4.78. The molecule has 0 aliphatic heterocycles. The monoisotopic (exact) mass is 253 g/mol. The van der Waals surface area contributed by atoms with Gasteiger partial charge in [0.05, 0.1) is 18.3 Å². The van der Waals surface area contributed by atoms with Crippen LogP contribution in [0.15, 0.2) is 18.2 Å². The first-order valence-corrected chi connectivity index (χ1v) is 5.64. The lowest BCUT2D eigenvalue weighted by Gasteiger charge is -2.11. The molecule has 6 heteroatoms. The normalized spacial score (nSPS) is 12.1. The number of nitrogens with two attached hydrogens (primary N) is 2. The van der Waals surface area contributed by atoms with Gasteiger partial charge >= 0.3 is 0 Å². The fraction of sp³-hybridized carbons (Fsp3) is 0.417. The lowest BCUT2D eigenvalue weighted by atomic mass is 10.1. The molecule has 0 spiro atoms. The van der Waals surface area contributed by atoms with E-state index in [9.17, 15) is 9.90 Å². The van der Waals surface area contributed by atoms with Gasteiger partial charge in [0.15, 0.2) is 0 Å². The fourth-order valence-corrected chi connectivity index (χ4v) is 1.51. The molecule has 1 aromatic rings. The number of rotatable bonds is 6. The standard InChI is InChI=1S/C12H19N3O3/c1-18-7-9(16)4-5-15-12(17)10-3-2-8(13)6-11(10)14/h2-3,6,9,16H,4-5,7,13-14H2,1H3,(H,15,17). The van der Waals surface area contributed by atoms with E-state index >= 15 is 0 Å². The predicted octanol–water partition coefficient (Wildman–Crippen LogP) is -0.0218. The summed E-state index contributed by atoms with van der Waals surface area (Å²) in [6.45, 7) is 0.604. The molecule has 1 atom stereocenters. The molecule has 1 amide bonds. The number of amides is 1. The number of aliphatic hydroxyl groups excluding tert-OH is 1. The van der Waals surface area contributed by atoms with Gasteiger partial charge in [-0.2, -0.15) is 0 Å². The first kappa shape index (κ1) is 14.3. The molecule has 1 rings (SSSR count). The third-order valence-electron chi connectivity index (χ3n) is 2.44. The minimum Gasteiger partial charge on any atom is -0.399 e. The van der Waals surface area contributed by atoms with Gasteiger partial charge in [0.1, 0.15) is 0 Å². The minimum absolute atomic E-state index is 0.250. The SMILES string of the molecule is COCC(O)CCNC(=O)c1ccc(N)cc1N. The highest BCUT2D eigenvalue weighted by Gasteiger charge is 2.10. The van der Waals surface area contributed by atoms with Gasteiger partial charge in [-0.1, -0.05) is 0 Å². The van der Waals surface area contributed by atoms with E-state index in [-0.39, 0.29) is 12.5 Å². The van der Waals surface area contributed by atoms with Crippen molar-refractivity contribution in [3.8, 4) is 0 Å². The number of hydrogen-bond donors (Lipinski definition) is 4. The highest BCUT2D eigenvalue weighted by molar-refractivity contribution is 5.99. The van der Waals surface area contributed by atoms with Crippen LogP contribution in [-0.2, 0) is 4.74 Å². The molecular weight excluding hydrogens is 234 g/mol. The van der Waals surface area contributed by atoms with E-state index in [0.29, 0.717) is 29.9 Å². The van der Waals surface area contributed by atoms with Crippen molar-refractivity contribution in [2.24, 2.45) is 0 Å². The van der Waals surface area contributed by atoms with Gasteiger partial charge in [-0.15, -0.1) is 0 Å². The topological polar surface area (TPSA) is 111 Å². The van der Waals surface area contributed by atoms with Gasteiger partial charge in [0.25, 0.3) is 5.91 Å². The average Bonchev–Trinajstić information content (AvgIpc) is 2.29. The summed E-state index contributed by atoms with van der Waals surface area (Å²) in [5.74, 6) is -0.280. The Balaban J connectivity index is 2.45. The Kier molecular flexibility index (Phi) is 5.41. The third-order valence-corrected chi connectivity index (χ3v) is 2.44. The van der Waals surface area contributed by atoms with Crippen LogP contribution in [0.4, 0.5) is 11.4 Å². The van der Waals surface area contributed by atoms with Gasteiger partial charge in [0.2, 0.25) is 0 Å². The van der Waals surface area contributed by atoms with Gasteiger partial charge in [-0.3, -0.25) is 4.79 Å². The summed E-state index contributed by atoms with van der Waals surface area (Å²) in [6.07, 6.45) is -0.159. The number of ether oxygens (including phenoxy) is 1. The Morgan fingerprint density at radius 3 is 2.83 bits per heavy atom. The summed E-state index contributed by atoms with van der Waals surface area (Å²) in [5, 5.41) is 12.1. The highest BCUT2D eigenvalue weighted by atomic mass is 16.5. The first-order chi connectivity index (χ1) is 8.54. The van der Waals surface area contributed by atoms with Crippen LogP contribution in [0.25, 0.3) is 0 Å². The average molecular weight is 253 g/mol. The van der Waals surface area contributed by atoms with Crippen molar-refractivity contribution in [1.29, 1.82) is 0 Å². The summed E-state index contributed by atoms with van der Waals surface area (Å²) in [5.41, 5.74) is 12.5. The number of nitrogens with one attached hydrogen (secondary N) is 1. The quantitative estimate of drug-likeness (QED) is 0.532. The Hall–Kier alpha value is -1.79. The molecule has 0 saturated carbocycles. The van der Waals surface area contributed by atoms with Crippen molar-refractivity contribution in [1.82, 2.24) is 5.32 Å². The second kappa shape index (κ2) is 6.83. The molecule has 6 nitrogen and oxygen atoms in total. The zero-order chi connectivity index (χ0) is 13.5. The van der Waals surface area contributed by atoms with E-state index in [1.54, 1.807) is 12.1 Å². The predicted molar refractivity (Wildman–Crippen MR) is 70.1 cm³/mol. The van der Waals surface area contributed by atoms with Gasteiger partial charge in [0, 0.05) is 25.0 Å². The summed E-state index contributed by atoms with van der Waals surface area (Å²) in [4.78, 5) is 11.8. The molecule has 18 heavy (non-hydrogen) atoms. The van der Waals surface area contributed by atoms with E-state index in [0.717, 1.165) is 0 Å². The van der Waals surface area contributed by atoms with Crippen LogP contribution in [-0.4, -0.2) is 37.4 Å². The molecule has 0 bridgehead atoms. The second-order valence-electron chi connectivity index (χ2n) is 4.00. The lowest BCUT2D eigenvalue weighted by Crippen LogP contribution is -2.29. The number of anilines is 2. The third kappa shape index (κ3) is 4.23. The molecule has 0 aromatic heterocycles. The fourth-order valence-electron chi connectivity index (χ4n) is 1.51.